The van der Waals surface area contributed by atoms with Crippen LogP contribution in [0.2, 0.25) is 0 Å². The highest BCUT2D eigenvalue weighted by Crippen LogP contribution is 2.33. The molecule has 29 heavy (non-hydrogen) atoms. The summed E-state index contributed by atoms with van der Waals surface area (Å²) in [5.74, 6) is 0.128. The number of benzene rings is 1. The second-order valence-corrected chi connectivity index (χ2v) is 9.38. The van der Waals surface area contributed by atoms with Gasteiger partial charge in [-0.2, -0.15) is 0 Å². The third-order valence-corrected chi connectivity index (χ3v) is 6.85. The molecule has 2 aliphatic heterocycles. The van der Waals surface area contributed by atoms with Gasteiger partial charge in [-0.25, -0.2) is 9.78 Å². The van der Waals surface area contributed by atoms with Crippen molar-refractivity contribution in [1.29, 1.82) is 0 Å². The van der Waals surface area contributed by atoms with Crippen molar-refractivity contribution in [3.05, 3.63) is 29.3 Å². The van der Waals surface area contributed by atoms with Gasteiger partial charge in [0.2, 0.25) is 5.91 Å². The fourth-order valence-electron chi connectivity index (χ4n) is 4.04. The van der Waals surface area contributed by atoms with E-state index in [0.29, 0.717) is 19.4 Å². The first-order chi connectivity index (χ1) is 13.8. The maximum Gasteiger partial charge on any atom is 0.325 e. The molecule has 2 aliphatic rings. The number of hydrogen-bond acceptors (Lipinski definition) is 5. The van der Waals surface area contributed by atoms with Crippen molar-refractivity contribution < 1.29 is 14.4 Å². The highest BCUT2D eigenvalue weighted by molar-refractivity contribution is 7.18. The smallest absolute Gasteiger partial charge is 0.325 e. The number of thiazole rings is 1. The minimum atomic E-state index is -0.863. The molecule has 3 heterocycles. The summed E-state index contributed by atoms with van der Waals surface area (Å²) in [5, 5.41) is 3.77. The van der Waals surface area contributed by atoms with Crippen LogP contribution in [0.4, 0.5) is 4.79 Å². The van der Waals surface area contributed by atoms with Gasteiger partial charge in [0.15, 0.2) is 0 Å². The van der Waals surface area contributed by atoms with Gasteiger partial charge in [0.05, 0.1) is 15.2 Å². The number of fused-ring (bicyclic) bond motifs is 1. The lowest BCUT2D eigenvalue weighted by molar-refractivity contribution is -0.134. The van der Waals surface area contributed by atoms with Crippen molar-refractivity contribution >= 4 is 39.4 Å². The zero-order valence-electron chi connectivity index (χ0n) is 16.8. The van der Waals surface area contributed by atoms with E-state index in [2.05, 4.69) is 11.4 Å². The number of piperidine rings is 1. The fourth-order valence-corrected chi connectivity index (χ4v) is 5.13. The van der Waals surface area contributed by atoms with Crippen LogP contribution in [-0.2, 0) is 9.59 Å². The number of nitrogens with zero attached hydrogens (tertiary/aromatic N) is 3. The predicted octanol–water partition coefficient (Wildman–Crippen LogP) is 3.11. The van der Waals surface area contributed by atoms with Crippen LogP contribution in [0.1, 0.15) is 50.5 Å². The standard InChI is InChI=1S/C21H26N4O3S/c1-21(2)19(27)25(20(28)23-21)12-6-10-17(26)24-11-5-7-14(13-24)18-22-15-8-3-4-9-16(15)29-18/h3-4,8-9,14H,5-7,10-13H2,1-2H3,(H,23,28)/t14-/m1/s1. The topological polar surface area (TPSA) is 82.6 Å². The first-order valence-corrected chi connectivity index (χ1v) is 10.9. The van der Waals surface area contributed by atoms with Crippen molar-refractivity contribution in [2.24, 2.45) is 0 Å². The average molecular weight is 415 g/mol. The number of nitrogens with one attached hydrogen (secondary N) is 1. The number of urea groups is 1. The Morgan fingerprint density at radius 3 is 2.83 bits per heavy atom. The summed E-state index contributed by atoms with van der Waals surface area (Å²) in [6, 6.07) is 7.75. The molecule has 1 N–H and O–H groups in total. The number of carbonyl (C=O) groups is 3. The normalized spacial score (nSPS) is 21.7. The zero-order valence-corrected chi connectivity index (χ0v) is 17.6. The summed E-state index contributed by atoms with van der Waals surface area (Å²) >= 11 is 1.71. The van der Waals surface area contributed by atoms with E-state index in [-0.39, 0.29) is 30.3 Å². The Bertz CT molecular complexity index is 921. The van der Waals surface area contributed by atoms with Crippen molar-refractivity contribution in [2.75, 3.05) is 19.6 Å². The number of rotatable bonds is 5. The van der Waals surface area contributed by atoms with E-state index in [1.54, 1.807) is 25.2 Å². The van der Waals surface area contributed by atoms with Gasteiger partial charge in [-0.3, -0.25) is 14.5 Å². The molecular weight excluding hydrogens is 388 g/mol. The molecular formula is C21H26N4O3S. The maximum absolute atomic E-state index is 12.7. The predicted molar refractivity (Wildman–Crippen MR) is 112 cm³/mol. The molecule has 0 spiro atoms. The van der Waals surface area contributed by atoms with Crippen molar-refractivity contribution in [1.82, 2.24) is 20.1 Å². The van der Waals surface area contributed by atoms with Gasteiger partial charge in [-0.15, -0.1) is 11.3 Å². The maximum atomic E-state index is 12.7. The van der Waals surface area contributed by atoms with Crippen molar-refractivity contribution in [3.8, 4) is 0 Å². The van der Waals surface area contributed by atoms with E-state index >= 15 is 0 Å². The molecule has 0 unspecified atom stereocenters. The molecule has 2 saturated heterocycles. The Morgan fingerprint density at radius 2 is 2.10 bits per heavy atom. The van der Waals surface area contributed by atoms with Gasteiger partial charge < -0.3 is 10.2 Å². The number of likely N-dealkylation sites (tertiary alicyclic amines) is 1. The summed E-state index contributed by atoms with van der Waals surface area (Å²) in [5.41, 5.74) is 0.158. The number of para-hydroxylation sites is 1. The molecule has 7 nitrogen and oxygen atoms in total. The Kier molecular flexibility index (Phi) is 5.29. The monoisotopic (exact) mass is 414 g/mol. The largest absolute Gasteiger partial charge is 0.342 e. The Labute approximate surface area is 174 Å². The highest BCUT2D eigenvalue weighted by Gasteiger charge is 2.43. The van der Waals surface area contributed by atoms with E-state index in [1.807, 2.05) is 23.1 Å². The SMILES string of the molecule is CC1(C)NC(=O)N(CCCC(=O)N2CCC[C@@H](c3nc4ccccc4s3)C2)C1=O. The van der Waals surface area contributed by atoms with Crippen LogP contribution in [0.3, 0.4) is 0 Å². The van der Waals surface area contributed by atoms with Gasteiger partial charge in [0, 0.05) is 32.0 Å². The second-order valence-electron chi connectivity index (χ2n) is 8.31. The highest BCUT2D eigenvalue weighted by atomic mass is 32.1. The molecule has 1 atom stereocenters. The molecule has 0 bridgehead atoms. The number of carbonyl (C=O) groups excluding carboxylic acids is 3. The molecule has 1 aromatic heterocycles. The molecule has 0 saturated carbocycles. The molecule has 0 radical (unpaired) electrons. The molecule has 4 amide bonds. The van der Waals surface area contributed by atoms with E-state index in [4.69, 9.17) is 4.98 Å². The van der Waals surface area contributed by atoms with Gasteiger partial charge in [-0.05, 0) is 45.2 Å². The Hall–Kier alpha value is -2.48. The molecule has 4 rings (SSSR count). The third kappa shape index (κ3) is 3.99. The molecule has 1 aromatic carbocycles. The van der Waals surface area contributed by atoms with Gasteiger partial charge in [0.25, 0.3) is 5.91 Å². The van der Waals surface area contributed by atoms with Gasteiger partial charge >= 0.3 is 6.03 Å². The molecule has 8 heteroatoms. The van der Waals surface area contributed by atoms with Crippen LogP contribution in [0, 0.1) is 0 Å². The number of imide groups is 1. The average Bonchev–Trinajstić information content (AvgIpc) is 3.22. The number of hydrogen-bond donors (Lipinski definition) is 1. The van der Waals surface area contributed by atoms with E-state index < -0.39 is 5.54 Å². The number of amides is 4. The summed E-state index contributed by atoms with van der Waals surface area (Å²) in [7, 11) is 0. The molecule has 154 valence electrons. The van der Waals surface area contributed by atoms with Crippen LogP contribution >= 0.6 is 11.3 Å². The van der Waals surface area contributed by atoms with Crippen LogP contribution in [0.25, 0.3) is 10.2 Å². The minimum absolute atomic E-state index is 0.0853. The van der Waals surface area contributed by atoms with Crippen LogP contribution < -0.4 is 5.32 Å². The minimum Gasteiger partial charge on any atom is -0.342 e. The van der Waals surface area contributed by atoms with Gasteiger partial charge in [0.1, 0.15) is 5.54 Å². The van der Waals surface area contributed by atoms with Crippen LogP contribution in [0.5, 0.6) is 0 Å². The lowest BCUT2D eigenvalue weighted by Gasteiger charge is -2.32. The summed E-state index contributed by atoms with van der Waals surface area (Å²) < 4.78 is 1.18. The Balaban J connectivity index is 1.32. The first kappa shape index (κ1) is 19.8. The lowest BCUT2D eigenvalue weighted by atomic mass is 9.98. The fraction of sp³-hybridized carbons (Fsp3) is 0.524. The Morgan fingerprint density at radius 1 is 1.31 bits per heavy atom. The summed E-state index contributed by atoms with van der Waals surface area (Å²) in [6.07, 6.45) is 2.83. The lowest BCUT2D eigenvalue weighted by Crippen LogP contribution is -2.41. The first-order valence-electron chi connectivity index (χ1n) is 10.1. The third-order valence-electron chi connectivity index (χ3n) is 5.65. The van der Waals surface area contributed by atoms with Crippen LogP contribution in [0.15, 0.2) is 24.3 Å². The zero-order chi connectivity index (χ0) is 20.6. The van der Waals surface area contributed by atoms with E-state index in [9.17, 15) is 14.4 Å². The summed E-state index contributed by atoms with van der Waals surface area (Å²) in [6.45, 7) is 5.10. The quantitative estimate of drug-likeness (QED) is 0.762. The van der Waals surface area contributed by atoms with Crippen molar-refractivity contribution in [3.63, 3.8) is 0 Å². The van der Waals surface area contributed by atoms with E-state index in [0.717, 1.165) is 29.9 Å². The summed E-state index contributed by atoms with van der Waals surface area (Å²) in [4.78, 5) is 44.8. The second kappa shape index (κ2) is 7.74. The molecule has 2 fully saturated rings. The van der Waals surface area contributed by atoms with Gasteiger partial charge in [-0.1, -0.05) is 12.1 Å². The molecule has 0 aliphatic carbocycles. The number of aromatic nitrogens is 1. The van der Waals surface area contributed by atoms with Crippen molar-refractivity contribution in [2.45, 2.75) is 51.0 Å². The van der Waals surface area contributed by atoms with E-state index in [1.165, 1.54) is 9.60 Å². The van der Waals surface area contributed by atoms with Crippen LogP contribution in [-0.4, -0.2) is 57.8 Å². The molecule has 2 aromatic rings.